The van der Waals surface area contributed by atoms with E-state index in [0.717, 1.165) is 54.3 Å². The van der Waals surface area contributed by atoms with E-state index in [9.17, 15) is 5.11 Å². The number of hydrogen-bond donors (Lipinski definition) is 1. The summed E-state index contributed by atoms with van der Waals surface area (Å²) >= 11 is 0. The fourth-order valence-electron chi connectivity index (χ4n) is 7.64. The van der Waals surface area contributed by atoms with Gasteiger partial charge in [0.1, 0.15) is 0 Å². The minimum Gasteiger partial charge on any atom is -0.393 e. The van der Waals surface area contributed by atoms with E-state index >= 15 is 0 Å². The number of aliphatic hydroxyl groups excluding tert-OH is 1. The molecule has 9 atom stereocenters. The monoisotopic (exact) mass is 302 g/mol. The number of fused-ring (bicyclic) bond motifs is 5. The third-order valence-corrected chi connectivity index (χ3v) is 8.68. The molecule has 0 aromatic heterocycles. The maximum Gasteiger partial charge on any atom is 0.0543 e. The van der Waals surface area contributed by atoms with Crippen LogP contribution in [0.2, 0.25) is 0 Å². The van der Waals surface area contributed by atoms with E-state index < -0.39 is 0 Å². The Balaban J connectivity index is 1.62. The third-order valence-electron chi connectivity index (χ3n) is 8.68. The van der Waals surface area contributed by atoms with Gasteiger partial charge in [-0.25, -0.2) is 0 Å². The van der Waals surface area contributed by atoms with Crippen molar-refractivity contribution in [3.05, 3.63) is 12.7 Å². The molecule has 0 bridgehead atoms. The zero-order valence-corrected chi connectivity index (χ0v) is 14.5. The van der Waals surface area contributed by atoms with Gasteiger partial charge in [-0.05, 0) is 98.2 Å². The lowest BCUT2D eigenvalue weighted by atomic mass is 9.45. The second-order valence-electron chi connectivity index (χ2n) is 9.41. The minimum atomic E-state index is -0.0139. The van der Waals surface area contributed by atoms with Crippen molar-refractivity contribution in [1.29, 1.82) is 0 Å². The Morgan fingerprint density at radius 3 is 2.59 bits per heavy atom. The number of allylic oxidation sites excluding steroid dienone is 1. The van der Waals surface area contributed by atoms with Crippen LogP contribution in [0, 0.1) is 46.8 Å². The minimum absolute atomic E-state index is 0.0139. The first-order valence-electron chi connectivity index (χ1n) is 9.85. The van der Waals surface area contributed by atoms with Gasteiger partial charge in [-0.15, -0.1) is 6.58 Å². The van der Waals surface area contributed by atoms with Crippen LogP contribution in [0.3, 0.4) is 0 Å². The van der Waals surface area contributed by atoms with Crippen molar-refractivity contribution in [2.24, 2.45) is 46.8 Å². The summed E-state index contributed by atoms with van der Waals surface area (Å²) in [6.45, 7) is 9.25. The summed E-state index contributed by atoms with van der Waals surface area (Å²) in [5.74, 6) is 6.26. The van der Waals surface area contributed by atoms with Gasteiger partial charge in [0.15, 0.2) is 0 Å². The topological polar surface area (TPSA) is 20.2 Å². The van der Waals surface area contributed by atoms with Gasteiger partial charge in [-0.3, -0.25) is 0 Å². The summed E-state index contributed by atoms with van der Waals surface area (Å²) in [6.07, 6.45) is 12.8. The third kappa shape index (κ3) is 2.07. The largest absolute Gasteiger partial charge is 0.393 e. The van der Waals surface area contributed by atoms with Gasteiger partial charge in [0.05, 0.1) is 6.10 Å². The summed E-state index contributed by atoms with van der Waals surface area (Å²) in [5.41, 5.74) is 0.521. The van der Waals surface area contributed by atoms with Crippen molar-refractivity contribution in [2.75, 3.05) is 0 Å². The van der Waals surface area contributed by atoms with Gasteiger partial charge in [-0.1, -0.05) is 19.9 Å². The fraction of sp³-hybridized carbons (Fsp3) is 0.905. The van der Waals surface area contributed by atoms with Crippen molar-refractivity contribution in [1.82, 2.24) is 0 Å². The van der Waals surface area contributed by atoms with E-state index in [0.29, 0.717) is 5.41 Å². The Labute approximate surface area is 136 Å². The van der Waals surface area contributed by atoms with E-state index in [2.05, 4.69) is 26.5 Å². The van der Waals surface area contributed by atoms with Crippen LogP contribution in [0.5, 0.6) is 0 Å². The average Bonchev–Trinajstić information content (AvgIpc) is 2.94. The normalized spacial score (nSPS) is 57.6. The molecule has 1 N–H and O–H groups in total. The number of hydrogen-bond acceptors (Lipinski definition) is 1. The lowest BCUT2D eigenvalue weighted by Gasteiger charge is -2.60. The van der Waals surface area contributed by atoms with Crippen LogP contribution in [0.4, 0.5) is 0 Å². The molecule has 4 saturated carbocycles. The lowest BCUT2D eigenvalue weighted by molar-refractivity contribution is -0.119. The predicted molar refractivity (Wildman–Crippen MR) is 91.4 cm³/mol. The molecule has 1 nitrogen and oxygen atoms in total. The van der Waals surface area contributed by atoms with Gasteiger partial charge in [0, 0.05) is 0 Å². The molecule has 0 aliphatic heterocycles. The molecule has 4 rings (SSSR count). The highest BCUT2D eigenvalue weighted by Gasteiger charge is 2.57. The van der Waals surface area contributed by atoms with Crippen LogP contribution in [-0.4, -0.2) is 11.2 Å². The molecule has 0 radical (unpaired) electrons. The van der Waals surface area contributed by atoms with Crippen molar-refractivity contribution < 1.29 is 5.11 Å². The summed E-state index contributed by atoms with van der Waals surface area (Å²) < 4.78 is 0. The molecule has 0 saturated heterocycles. The smallest absolute Gasteiger partial charge is 0.0543 e. The first kappa shape index (κ1) is 15.2. The standard InChI is InChI=1S/C21H34O/c1-4-14-5-7-18-17-8-6-15-12-16(22)9-10-21(15,3)19(17)11-13(2)20(14)18/h4,13-20,22H,1,5-12H2,2-3H3/t13-,14+,15+,16+,17?,18?,19?,20?,21+/m1/s1. The van der Waals surface area contributed by atoms with Crippen molar-refractivity contribution in [3.8, 4) is 0 Å². The van der Waals surface area contributed by atoms with Crippen LogP contribution in [-0.2, 0) is 0 Å². The van der Waals surface area contributed by atoms with Crippen LogP contribution < -0.4 is 0 Å². The maximum absolute atomic E-state index is 10.1. The van der Waals surface area contributed by atoms with Gasteiger partial charge in [-0.2, -0.15) is 0 Å². The van der Waals surface area contributed by atoms with Crippen LogP contribution >= 0.6 is 0 Å². The van der Waals surface area contributed by atoms with E-state index in [-0.39, 0.29) is 6.10 Å². The molecule has 0 spiro atoms. The molecule has 0 heterocycles. The predicted octanol–water partition coefficient (Wildman–Crippen LogP) is 5.05. The molecule has 4 fully saturated rings. The molecular formula is C21H34O. The Kier molecular flexibility index (Phi) is 3.72. The molecule has 22 heavy (non-hydrogen) atoms. The zero-order chi connectivity index (χ0) is 15.5. The number of aliphatic hydroxyl groups is 1. The lowest BCUT2D eigenvalue weighted by Crippen LogP contribution is -2.53. The summed E-state index contributed by atoms with van der Waals surface area (Å²) in [7, 11) is 0. The molecule has 4 aliphatic carbocycles. The van der Waals surface area contributed by atoms with Crippen molar-refractivity contribution >= 4 is 0 Å². The molecule has 4 unspecified atom stereocenters. The van der Waals surface area contributed by atoms with E-state index in [1.165, 1.54) is 38.5 Å². The van der Waals surface area contributed by atoms with Crippen LogP contribution in [0.15, 0.2) is 12.7 Å². The highest BCUT2D eigenvalue weighted by molar-refractivity contribution is 5.08. The zero-order valence-electron chi connectivity index (χ0n) is 14.5. The Morgan fingerprint density at radius 2 is 1.82 bits per heavy atom. The van der Waals surface area contributed by atoms with Crippen molar-refractivity contribution in [3.63, 3.8) is 0 Å². The summed E-state index contributed by atoms with van der Waals surface area (Å²) in [5, 5.41) is 10.1. The Hall–Kier alpha value is -0.300. The molecule has 1 heteroatoms. The van der Waals surface area contributed by atoms with Crippen LogP contribution in [0.25, 0.3) is 0 Å². The molecule has 0 aromatic rings. The molecular weight excluding hydrogens is 268 g/mol. The molecule has 4 aliphatic rings. The molecule has 0 aromatic carbocycles. The van der Waals surface area contributed by atoms with E-state index in [1.54, 1.807) is 0 Å². The van der Waals surface area contributed by atoms with E-state index in [4.69, 9.17) is 0 Å². The Bertz CT molecular complexity index is 443. The van der Waals surface area contributed by atoms with E-state index in [1.807, 2.05) is 0 Å². The van der Waals surface area contributed by atoms with Gasteiger partial charge < -0.3 is 5.11 Å². The SMILES string of the molecule is C=C[C@H]1CCC2C3CC[C@H]4C[C@@H](O)CC[C@]4(C)C3C[C@@H](C)C21. The second kappa shape index (κ2) is 5.36. The summed E-state index contributed by atoms with van der Waals surface area (Å²) in [4.78, 5) is 0. The van der Waals surface area contributed by atoms with Gasteiger partial charge in [0.25, 0.3) is 0 Å². The quantitative estimate of drug-likeness (QED) is 0.672. The highest BCUT2D eigenvalue weighted by atomic mass is 16.3. The average molecular weight is 303 g/mol. The molecule has 124 valence electrons. The molecule has 0 amide bonds. The maximum atomic E-state index is 10.1. The first-order chi connectivity index (χ1) is 10.5. The van der Waals surface area contributed by atoms with Crippen LogP contribution in [0.1, 0.15) is 65.2 Å². The first-order valence-corrected chi connectivity index (χ1v) is 9.85. The van der Waals surface area contributed by atoms with Gasteiger partial charge >= 0.3 is 0 Å². The second-order valence-corrected chi connectivity index (χ2v) is 9.41. The fourth-order valence-corrected chi connectivity index (χ4v) is 7.64. The summed E-state index contributed by atoms with van der Waals surface area (Å²) in [6, 6.07) is 0. The number of rotatable bonds is 1. The van der Waals surface area contributed by atoms with Gasteiger partial charge in [0.2, 0.25) is 0 Å². The van der Waals surface area contributed by atoms with Crippen molar-refractivity contribution in [2.45, 2.75) is 71.3 Å². The Morgan fingerprint density at radius 1 is 1.05 bits per heavy atom. The highest BCUT2D eigenvalue weighted by Crippen LogP contribution is 2.65.